The summed E-state index contributed by atoms with van der Waals surface area (Å²) in [5, 5.41) is 10.6. The van der Waals surface area contributed by atoms with Crippen LogP contribution in [0.1, 0.15) is 23.1 Å². The molecule has 4 heteroatoms. The molecule has 0 aliphatic heterocycles. The molecule has 0 atom stereocenters. The molecule has 3 nitrogen and oxygen atoms in total. The van der Waals surface area contributed by atoms with Crippen molar-refractivity contribution in [3.63, 3.8) is 0 Å². The Morgan fingerprint density at radius 3 is 2.79 bits per heavy atom. The van der Waals surface area contributed by atoms with Crippen LogP contribution in [0.2, 0.25) is 0 Å². The molecule has 0 unspecified atom stereocenters. The van der Waals surface area contributed by atoms with E-state index in [1.54, 1.807) is 18.2 Å². The maximum atomic E-state index is 12.4. The molecule has 2 aromatic carbocycles. The Kier molecular flexibility index (Phi) is 3.90. The Labute approximate surface area is 143 Å². The molecule has 0 amide bonds. The number of allylic oxidation sites excluding steroid dienone is 1. The van der Waals surface area contributed by atoms with Gasteiger partial charge in [0.05, 0.1) is 5.39 Å². The SMILES string of the molecule is O=c1cc(SCc2ccc(O)cc2)oc2c3c(ccc12)CCC=C3. The van der Waals surface area contributed by atoms with E-state index in [-0.39, 0.29) is 11.2 Å². The maximum absolute atomic E-state index is 12.4. The molecule has 0 saturated heterocycles. The van der Waals surface area contributed by atoms with Crippen LogP contribution in [0.15, 0.2) is 62.8 Å². The summed E-state index contributed by atoms with van der Waals surface area (Å²) in [5.74, 6) is 0.930. The molecule has 1 aromatic heterocycles. The molecule has 24 heavy (non-hydrogen) atoms. The molecule has 0 bridgehead atoms. The first-order valence-electron chi connectivity index (χ1n) is 7.88. The van der Waals surface area contributed by atoms with Gasteiger partial charge in [0.2, 0.25) is 0 Å². The molecule has 120 valence electrons. The Morgan fingerprint density at radius 2 is 1.96 bits per heavy atom. The van der Waals surface area contributed by atoms with Crippen LogP contribution >= 0.6 is 11.8 Å². The topological polar surface area (TPSA) is 50.4 Å². The second-order valence-corrected chi connectivity index (χ2v) is 6.82. The minimum Gasteiger partial charge on any atom is -0.508 e. The van der Waals surface area contributed by atoms with E-state index in [4.69, 9.17) is 4.42 Å². The molecule has 3 aromatic rings. The Balaban J connectivity index is 1.70. The third-order valence-corrected chi connectivity index (χ3v) is 5.15. The van der Waals surface area contributed by atoms with Crippen LogP contribution in [0.5, 0.6) is 5.75 Å². The highest BCUT2D eigenvalue weighted by atomic mass is 32.2. The number of hydrogen-bond donors (Lipinski definition) is 1. The van der Waals surface area contributed by atoms with Crippen LogP contribution < -0.4 is 5.43 Å². The molecule has 1 N–H and O–H groups in total. The van der Waals surface area contributed by atoms with E-state index in [0.717, 1.165) is 24.0 Å². The summed E-state index contributed by atoms with van der Waals surface area (Å²) in [5.41, 5.74) is 4.00. The van der Waals surface area contributed by atoms with E-state index in [9.17, 15) is 9.90 Å². The van der Waals surface area contributed by atoms with Gasteiger partial charge in [-0.2, -0.15) is 0 Å². The number of rotatable bonds is 3. The summed E-state index contributed by atoms with van der Waals surface area (Å²) in [4.78, 5) is 12.4. The fourth-order valence-corrected chi connectivity index (χ4v) is 3.75. The Hall–Kier alpha value is -2.46. The van der Waals surface area contributed by atoms with E-state index < -0.39 is 0 Å². The normalized spacial score (nSPS) is 13.2. The largest absolute Gasteiger partial charge is 0.508 e. The van der Waals surface area contributed by atoms with E-state index in [0.29, 0.717) is 21.8 Å². The quantitative estimate of drug-likeness (QED) is 0.701. The van der Waals surface area contributed by atoms with E-state index in [2.05, 4.69) is 12.2 Å². The van der Waals surface area contributed by atoms with Crippen molar-refractivity contribution in [1.82, 2.24) is 0 Å². The highest BCUT2D eigenvalue weighted by molar-refractivity contribution is 7.98. The van der Waals surface area contributed by atoms with Crippen molar-refractivity contribution in [1.29, 1.82) is 0 Å². The molecule has 1 heterocycles. The van der Waals surface area contributed by atoms with Crippen molar-refractivity contribution in [3.8, 4) is 5.75 Å². The molecule has 0 radical (unpaired) electrons. The second-order valence-electron chi connectivity index (χ2n) is 5.84. The third-order valence-electron chi connectivity index (χ3n) is 4.19. The van der Waals surface area contributed by atoms with Crippen molar-refractivity contribution in [2.24, 2.45) is 0 Å². The van der Waals surface area contributed by atoms with Crippen LogP contribution in [0, 0.1) is 0 Å². The van der Waals surface area contributed by atoms with Crippen LogP contribution in [0.3, 0.4) is 0 Å². The van der Waals surface area contributed by atoms with Gasteiger partial charge in [-0.25, -0.2) is 0 Å². The van der Waals surface area contributed by atoms with Crippen LogP contribution in [0.4, 0.5) is 0 Å². The van der Waals surface area contributed by atoms with Crippen LogP contribution in [-0.4, -0.2) is 5.11 Å². The van der Waals surface area contributed by atoms with Gasteiger partial charge in [0, 0.05) is 17.4 Å². The number of aryl methyl sites for hydroxylation is 1. The lowest BCUT2D eigenvalue weighted by Gasteiger charge is -2.12. The van der Waals surface area contributed by atoms with Gasteiger partial charge in [0.15, 0.2) is 10.5 Å². The lowest BCUT2D eigenvalue weighted by Crippen LogP contribution is -2.03. The molecule has 1 aliphatic rings. The molecule has 4 rings (SSSR count). The van der Waals surface area contributed by atoms with Crippen molar-refractivity contribution in [2.45, 2.75) is 23.7 Å². The fourth-order valence-electron chi connectivity index (χ4n) is 2.92. The van der Waals surface area contributed by atoms with E-state index in [1.165, 1.54) is 17.3 Å². The van der Waals surface area contributed by atoms with Gasteiger partial charge in [0.25, 0.3) is 0 Å². The smallest absolute Gasteiger partial charge is 0.193 e. The van der Waals surface area contributed by atoms with Gasteiger partial charge in [-0.15, -0.1) is 0 Å². The average molecular weight is 336 g/mol. The zero-order chi connectivity index (χ0) is 16.5. The summed E-state index contributed by atoms with van der Waals surface area (Å²) in [6.45, 7) is 0. The van der Waals surface area contributed by atoms with Gasteiger partial charge in [-0.05, 0) is 42.2 Å². The lowest BCUT2D eigenvalue weighted by atomic mass is 9.95. The summed E-state index contributed by atoms with van der Waals surface area (Å²) < 4.78 is 6.05. The Morgan fingerprint density at radius 1 is 1.12 bits per heavy atom. The van der Waals surface area contributed by atoms with Crippen molar-refractivity contribution in [2.75, 3.05) is 0 Å². The zero-order valence-electron chi connectivity index (χ0n) is 13.0. The maximum Gasteiger partial charge on any atom is 0.193 e. The first-order valence-corrected chi connectivity index (χ1v) is 8.86. The van der Waals surface area contributed by atoms with Crippen LogP contribution in [0.25, 0.3) is 17.0 Å². The van der Waals surface area contributed by atoms with Gasteiger partial charge < -0.3 is 9.52 Å². The number of benzene rings is 2. The predicted molar refractivity (Wildman–Crippen MR) is 97.5 cm³/mol. The van der Waals surface area contributed by atoms with E-state index >= 15 is 0 Å². The predicted octanol–water partition coefficient (Wildman–Crippen LogP) is 4.75. The molecule has 0 fully saturated rings. The monoisotopic (exact) mass is 336 g/mol. The molecular formula is C20H16O3S. The van der Waals surface area contributed by atoms with E-state index in [1.807, 2.05) is 24.3 Å². The van der Waals surface area contributed by atoms with Gasteiger partial charge >= 0.3 is 0 Å². The standard InChI is InChI=1S/C20H16O3S/c21-15-8-5-13(6-9-15)12-24-19-11-18(22)17-10-7-14-3-1-2-4-16(14)20(17)23-19/h2,4-11,21H,1,3,12H2. The lowest BCUT2D eigenvalue weighted by molar-refractivity contribution is 0.475. The van der Waals surface area contributed by atoms with Crippen molar-refractivity contribution >= 4 is 28.8 Å². The molecule has 1 aliphatic carbocycles. The minimum atomic E-state index is -0.00812. The highest BCUT2D eigenvalue weighted by Gasteiger charge is 2.14. The molecular weight excluding hydrogens is 320 g/mol. The average Bonchev–Trinajstić information content (AvgIpc) is 2.61. The number of aromatic hydroxyl groups is 1. The number of thioether (sulfide) groups is 1. The van der Waals surface area contributed by atoms with Gasteiger partial charge in [-0.3, -0.25) is 4.79 Å². The second kappa shape index (κ2) is 6.21. The summed E-state index contributed by atoms with van der Waals surface area (Å²) in [6, 6.07) is 12.5. The van der Waals surface area contributed by atoms with Crippen molar-refractivity contribution in [3.05, 3.63) is 75.5 Å². The molecule has 0 saturated carbocycles. The summed E-state index contributed by atoms with van der Waals surface area (Å²) in [7, 11) is 0. The number of fused-ring (bicyclic) bond motifs is 3. The number of phenolic OH excluding ortho intramolecular Hbond substituents is 1. The van der Waals surface area contributed by atoms with Gasteiger partial charge in [-0.1, -0.05) is 42.1 Å². The number of phenols is 1. The minimum absolute atomic E-state index is 0.00812. The summed E-state index contributed by atoms with van der Waals surface area (Å²) in [6.07, 6.45) is 6.19. The number of hydrogen-bond acceptors (Lipinski definition) is 4. The molecule has 0 spiro atoms. The zero-order valence-corrected chi connectivity index (χ0v) is 13.8. The third kappa shape index (κ3) is 2.85. The van der Waals surface area contributed by atoms with Crippen molar-refractivity contribution < 1.29 is 9.52 Å². The first-order chi connectivity index (χ1) is 11.7. The Bertz CT molecular complexity index is 984. The van der Waals surface area contributed by atoms with Crippen LogP contribution in [-0.2, 0) is 12.2 Å². The summed E-state index contributed by atoms with van der Waals surface area (Å²) >= 11 is 1.49. The highest BCUT2D eigenvalue weighted by Crippen LogP contribution is 2.30. The first kappa shape index (κ1) is 15.1. The fraction of sp³-hybridized carbons (Fsp3) is 0.150. The van der Waals surface area contributed by atoms with Gasteiger partial charge in [0.1, 0.15) is 11.3 Å².